The molecular formula is C21H19N5O2. The van der Waals surface area contributed by atoms with Crippen molar-refractivity contribution in [2.75, 3.05) is 0 Å². The zero-order valence-corrected chi connectivity index (χ0v) is 15.5. The van der Waals surface area contributed by atoms with Gasteiger partial charge in [0.05, 0.1) is 0 Å². The van der Waals surface area contributed by atoms with Gasteiger partial charge in [-0.25, -0.2) is 14.6 Å². The predicted octanol–water partition coefficient (Wildman–Crippen LogP) is 2.03. The van der Waals surface area contributed by atoms with Gasteiger partial charge < -0.3 is 10.8 Å². The molecule has 0 bridgehead atoms. The lowest BCUT2D eigenvalue weighted by atomic mass is 10.1. The fourth-order valence-electron chi connectivity index (χ4n) is 2.39. The van der Waals surface area contributed by atoms with Crippen LogP contribution in [0.5, 0.6) is 0 Å². The molecule has 7 nitrogen and oxygen atoms in total. The number of nitrogens with two attached hydrogens (primary N) is 1. The quantitative estimate of drug-likeness (QED) is 0.537. The zero-order chi connectivity index (χ0) is 20.3. The van der Waals surface area contributed by atoms with Crippen LogP contribution in [0.2, 0.25) is 0 Å². The van der Waals surface area contributed by atoms with Crippen molar-refractivity contribution < 1.29 is 9.90 Å². The molecule has 0 aliphatic carbocycles. The highest BCUT2D eigenvalue weighted by molar-refractivity contribution is 5.91. The van der Waals surface area contributed by atoms with Gasteiger partial charge in [-0.2, -0.15) is 5.10 Å². The van der Waals surface area contributed by atoms with E-state index in [1.165, 1.54) is 12.1 Å². The van der Waals surface area contributed by atoms with Crippen LogP contribution in [0.1, 0.15) is 28.7 Å². The second kappa shape index (κ2) is 7.47. The van der Waals surface area contributed by atoms with Crippen LogP contribution in [0, 0.1) is 18.8 Å². The minimum Gasteiger partial charge on any atom is -0.374 e. The summed E-state index contributed by atoms with van der Waals surface area (Å²) in [6, 6.07) is 10.5. The SMILES string of the molecule is C=CC(C)(O)C#Cc1cccc(-c2nc(C(N)=O)cc(-n3nccc3C)n2)c1. The second-order valence-electron chi connectivity index (χ2n) is 6.37. The monoisotopic (exact) mass is 373 g/mol. The predicted molar refractivity (Wildman–Crippen MR) is 106 cm³/mol. The van der Waals surface area contributed by atoms with Gasteiger partial charge in [0.25, 0.3) is 5.91 Å². The Morgan fingerprint density at radius 1 is 1.32 bits per heavy atom. The molecule has 3 N–H and O–H groups in total. The molecule has 2 heterocycles. The number of carbonyl (C=O) groups excluding carboxylic acids is 1. The van der Waals surface area contributed by atoms with E-state index in [-0.39, 0.29) is 5.69 Å². The maximum Gasteiger partial charge on any atom is 0.267 e. The maximum absolute atomic E-state index is 11.7. The molecule has 1 unspecified atom stereocenters. The largest absolute Gasteiger partial charge is 0.374 e. The molecule has 0 aliphatic rings. The molecular weight excluding hydrogens is 354 g/mol. The average molecular weight is 373 g/mol. The van der Waals surface area contributed by atoms with Crippen LogP contribution < -0.4 is 5.73 Å². The molecule has 1 aromatic carbocycles. The van der Waals surface area contributed by atoms with E-state index in [0.717, 1.165) is 5.69 Å². The number of primary amides is 1. The van der Waals surface area contributed by atoms with E-state index < -0.39 is 11.5 Å². The molecule has 0 fully saturated rings. The van der Waals surface area contributed by atoms with Crippen LogP contribution in [0.15, 0.2) is 55.3 Å². The molecule has 3 aromatic rings. The molecule has 0 spiro atoms. The molecule has 140 valence electrons. The second-order valence-corrected chi connectivity index (χ2v) is 6.37. The Balaban J connectivity index is 2.10. The Morgan fingerprint density at radius 2 is 2.11 bits per heavy atom. The molecule has 1 atom stereocenters. The van der Waals surface area contributed by atoms with Gasteiger partial charge in [-0.3, -0.25) is 4.79 Å². The summed E-state index contributed by atoms with van der Waals surface area (Å²) in [4.78, 5) is 20.5. The molecule has 3 rings (SSSR count). The lowest BCUT2D eigenvalue weighted by Crippen LogP contribution is -2.16. The number of aryl methyl sites for hydroxylation is 1. The van der Waals surface area contributed by atoms with Crippen LogP contribution in [0.4, 0.5) is 0 Å². The maximum atomic E-state index is 11.7. The summed E-state index contributed by atoms with van der Waals surface area (Å²) in [5.74, 6) is 5.73. The molecule has 0 radical (unpaired) electrons. The fourth-order valence-corrected chi connectivity index (χ4v) is 2.39. The zero-order valence-electron chi connectivity index (χ0n) is 15.5. The lowest BCUT2D eigenvalue weighted by Gasteiger charge is -2.09. The summed E-state index contributed by atoms with van der Waals surface area (Å²) >= 11 is 0. The summed E-state index contributed by atoms with van der Waals surface area (Å²) < 4.78 is 1.60. The van der Waals surface area contributed by atoms with Gasteiger partial charge in [0.1, 0.15) is 11.3 Å². The minimum atomic E-state index is -1.29. The van der Waals surface area contributed by atoms with Crippen LogP contribution >= 0.6 is 0 Å². The van der Waals surface area contributed by atoms with Crippen LogP contribution in [-0.4, -0.2) is 36.4 Å². The van der Waals surface area contributed by atoms with Gasteiger partial charge >= 0.3 is 0 Å². The van der Waals surface area contributed by atoms with Gasteiger partial charge in [0.15, 0.2) is 11.6 Å². The normalized spacial score (nSPS) is 12.5. The molecule has 0 aliphatic heterocycles. The molecule has 2 aromatic heterocycles. The first-order valence-electron chi connectivity index (χ1n) is 8.48. The first-order chi connectivity index (χ1) is 13.3. The van der Waals surface area contributed by atoms with Gasteiger partial charge in [-0.05, 0) is 38.1 Å². The third kappa shape index (κ3) is 4.14. The fraction of sp³-hybridized carbons (Fsp3) is 0.143. The first-order valence-corrected chi connectivity index (χ1v) is 8.48. The Labute approximate surface area is 162 Å². The third-order valence-corrected chi connectivity index (χ3v) is 3.99. The van der Waals surface area contributed by atoms with Crippen LogP contribution in [0.3, 0.4) is 0 Å². The van der Waals surface area contributed by atoms with Crippen molar-refractivity contribution in [1.29, 1.82) is 0 Å². The highest BCUT2D eigenvalue weighted by atomic mass is 16.3. The van der Waals surface area contributed by atoms with E-state index in [0.29, 0.717) is 22.8 Å². The number of benzene rings is 1. The van der Waals surface area contributed by atoms with Gasteiger partial charge in [0.2, 0.25) is 0 Å². The average Bonchev–Trinajstić information content (AvgIpc) is 3.12. The van der Waals surface area contributed by atoms with Crippen molar-refractivity contribution >= 4 is 5.91 Å². The minimum absolute atomic E-state index is 0.0842. The number of aromatic nitrogens is 4. The number of hydrogen-bond acceptors (Lipinski definition) is 5. The molecule has 28 heavy (non-hydrogen) atoms. The summed E-state index contributed by atoms with van der Waals surface area (Å²) in [5, 5.41) is 14.2. The Bertz CT molecular complexity index is 1120. The lowest BCUT2D eigenvalue weighted by molar-refractivity contribution is 0.0995. The van der Waals surface area contributed by atoms with E-state index in [1.54, 1.807) is 42.1 Å². The summed E-state index contributed by atoms with van der Waals surface area (Å²) in [7, 11) is 0. The van der Waals surface area contributed by atoms with Gasteiger partial charge in [0, 0.05) is 29.1 Å². The molecule has 0 saturated heterocycles. The molecule has 7 heteroatoms. The smallest absolute Gasteiger partial charge is 0.267 e. The van der Waals surface area contributed by atoms with E-state index in [1.807, 2.05) is 13.0 Å². The van der Waals surface area contributed by atoms with Gasteiger partial charge in [-0.15, -0.1) is 0 Å². The van der Waals surface area contributed by atoms with Crippen molar-refractivity contribution in [3.05, 3.63) is 72.2 Å². The van der Waals surface area contributed by atoms with E-state index in [9.17, 15) is 9.90 Å². The highest BCUT2D eigenvalue weighted by Gasteiger charge is 2.14. The highest BCUT2D eigenvalue weighted by Crippen LogP contribution is 2.19. The van der Waals surface area contributed by atoms with Crippen molar-refractivity contribution in [1.82, 2.24) is 19.7 Å². The standard InChI is InChI=1S/C21H19N5O2/c1-4-21(3,28)10-8-15-6-5-7-16(12-15)20-24-17(19(22)27)13-18(25-20)26-14(2)9-11-23-26/h4-7,9,11-13,28H,1H2,2-3H3,(H2,22,27). The van der Waals surface area contributed by atoms with E-state index in [4.69, 9.17) is 5.73 Å². The number of aliphatic hydroxyl groups is 1. The molecule has 1 amide bonds. The van der Waals surface area contributed by atoms with Crippen LogP contribution in [0.25, 0.3) is 17.2 Å². The Morgan fingerprint density at radius 3 is 2.75 bits per heavy atom. The van der Waals surface area contributed by atoms with Crippen molar-refractivity contribution in [2.45, 2.75) is 19.4 Å². The molecule has 0 saturated carbocycles. The first kappa shape index (κ1) is 19.0. The number of nitrogens with zero attached hydrogens (tertiary/aromatic N) is 4. The number of amides is 1. The van der Waals surface area contributed by atoms with Crippen molar-refractivity contribution in [3.8, 4) is 29.0 Å². The summed E-state index contributed by atoms with van der Waals surface area (Å²) in [6.45, 7) is 6.98. The van der Waals surface area contributed by atoms with Crippen molar-refractivity contribution in [3.63, 3.8) is 0 Å². The third-order valence-electron chi connectivity index (χ3n) is 3.99. The van der Waals surface area contributed by atoms with Crippen LogP contribution in [-0.2, 0) is 0 Å². The Hall–Kier alpha value is -3.76. The van der Waals surface area contributed by atoms with Crippen molar-refractivity contribution in [2.24, 2.45) is 5.73 Å². The number of rotatable bonds is 4. The van der Waals surface area contributed by atoms with E-state index >= 15 is 0 Å². The Kier molecular flexibility index (Phi) is 5.07. The topological polar surface area (TPSA) is 107 Å². The van der Waals surface area contributed by atoms with Gasteiger partial charge in [-0.1, -0.05) is 30.6 Å². The number of hydrogen-bond donors (Lipinski definition) is 2. The number of carbonyl (C=O) groups is 1. The van der Waals surface area contributed by atoms with E-state index in [2.05, 4.69) is 33.5 Å². The summed E-state index contributed by atoms with van der Waals surface area (Å²) in [5.41, 5.74) is 6.40. The summed E-state index contributed by atoms with van der Waals surface area (Å²) in [6.07, 6.45) is 3.00.